The van der Waals surface area contributed by atoms with E-state index >= 15 is 0 Å². The first-order chi connectivity index (χ1) is 12.1. The Kier molecular flexibility index (Phi) is 5.42. The van der Waals surface area contributed by atoms with E-state index in [1.54, 1.807) is 32.9 Å². The van der Waals surface area contributed by atoms with Crippen LogP contribution < -0.4 is 4.72 Å². The first-order valence-electron chi connectivity index (χ1n) is 9.30. The summed E-state index contributed by atoms with van der Waals surface area (Å²) in [7, 11) is -3.58. The quantitative estimate of drug-likeness (QED) is 0.849. The molecule has 1 N–H and O–H groups in total. The number of piperazine rings is 1. The molecule has 0 aromatic heterocycles. The van der Waals surface area contributed by atoms with Crippen molar-refractivity contribution in [2.75, 3.05) is 32.7 Å². The van der Waals surface area contributed by atoms with Crippen molar-refractivity contribution in [2.24, 2.45) is 5.92 Å². The molecule has 3 rings (SSSR count). The van der Waals surface area contributed by atoms with Crippen molar-refractivity contribution in [1.29, 1.82) is 0 Å². The summed E-state index contributed by atoms with van der Waals surface area (Å²) in [6.07, 6.45) is 2.69. The van der Waals surface area contributed by atoms with Gasteiger partial charge in [-0.3, -0.25) is 9.69 Å². The van der Waals surface area contributed by atoms with Crippen molar-refractivity contribution in [2.45, 2.75) is 44.0 Å². The zero-order valence-corrected chi connectivity index (χ0v) is 16.7. The summed E-state index contributed by atoms with van der Waals surface area (Å²) in [6, 6.07) is 6.22. The highest BCUT2D eigenvalue weighted by molar-refractivity contribution is 7.89. The molecule has 1 amide bonds. The molecule has 1 aromatic rings. The third-order valence-electron chi connectivity index (χ3n) is 4.72. The largest absolute Gasteiger partial charge is 0.336 e. The average molecular weight is 380 g/mol. The molecule has 26 heavy (non-hydrogen) atoms. The van der Waals surface area contributed by atoms with Gasteiger partial charge in [-0.05, 0) is 63.8 Å². The third-order valence-corrected chi connectivity index (χ3v) is 6.50. The second kappa shape index (κ2) is 7.29. The molecule has 0 radical (unpaired) electrons. The standard InChI is InChI=1S/C19H29N3O3S/c1-19(2,3)20-26(24,25)17-8-6-16(7-9-17)18(23)22-12-10-21(11-13-22)14-15-4-5-15/h6-9,15,20H,4-5,10-14H2,1-3H3. The van der Waals surface area contributed by atoms with Crippen LogP contribution in [-0.4, -0.2) is 62.4 Å². The van der Waals surface area contributed by atoms with Crippen molar-refractivity contribution >= 4 is 15.9 Å². The van der Waals surface area contributed by atoms with Gasteiger partial charge in [-0.2, -0.15) is 0 Å². The van der Waals surface area contributed by atoms with Crippen LogP contribution in [0.3, 0.4) is 0 Å². The average Bonchev–Trinajstić information content (AvgIpc) is 3.37. The number of sulfonamides is 1. The Hall–Kier alpha value is -1.44. The summed E-state index contributed by atoms with van der Waals surface area (Å²) in [4.78, 5) is 17.2. The van der Waals surface area contributed by atoms with Crippen LogP contribution in [0.25, 0.3) is 0 Å². The molecule has 0 atom stereocenters. The minimum Gasteiger partial charge on any atom is -0.336 e. The van der Waals surface area contributed by atoms with Crippen LogP contribution in [0.2, 0.25) is 0 Å². The lowest BCUT2D eigenvalue weighted by atomic mass is 10.1. The van der Waals surface area contributed by atoms with E-state index in [1.165, 1.54) is 25.0 Å². The number of hydrogen-bond donors (Lipinski definition) is 1. The molecular weight excluding hydrogens is 350 g/mol. The molecule has 0 spiro atoms. The van der Waals surface area contributed by atoms with Gasteiger partial charge in [-0.25, -0.2) is 13.1 Å². The van der Waals surface area contributed by atoms with Crippen LogP contribution in [0.4, 0.5) is 0 Å². The summed E-state index contributed by atoms with van der Waals surface area (Å²) in [5.74, 6) is 0.845. The number of carbonyl (C=O) groups is 1. The van der Waals surface area contributed by atoms with E-state index in [4.69, 9.17) is 0 Å². The van der Waals surface area contributed by atoms with E-state index in [0.29, 0.717) is 5.56 Å². The molecule has 1 heterocycles. The predicted octanol–water partition coefficient (Wildman–Crippen LogP) is 1.93. The second-order valence-electron chi connectivity index (χ2n) is 8.42. The molecule has 1 aliphatic heterocycles. The van der Waals surface area contributed by atoms with Gasteiger partial charge in [0.15, 0.2) is 0 Å². The lowest BCUT2D eigenvalue weighted by molar-refractivity contribution is 0.0632. The van der Waals surface area contributed by atoms with Gasteiger partial charge in [0, 0.05) is 43.8 Å². The SMILES string of the molecule is CC(C)(C)NS(=O)(=O)c1ccc(C(=O)N2CCN(CC3CC3)CC2)cc1. The van der Waals surface area contributed by atoms with Crippen LogP contribution in [0.1, 0.15) is 44.0 Å². The second-order valence-corrected chi connectivity index (χ2v) is 10.1. The monoisotopic (exact) mass is 379 g/mol. The Morgan fingerprint density at radius 3 is 2.15 bits per heavy atom. The normalized spacial score (nSPS) is 19.6. The maximum atomic E-state index is 12.7. The third kappa shape index (κ3) is 5.05. The molecule has 2 aliphatic rings. The van der Waals surface area contributed by atoms with Crippen molar-refractivity contribution in [1.82, 2.24) is 14.5 Å². The van der Waals surface area contributed by atoms with Crippen molar-refractivity contribution < 1.29 is 13.2 Å². The highest BCUT2D eigenvalue weighted by Gasteiger charge is 2.28. The van der Waals surface area contributed by atoms with Crippen LogP contribution in [0.15, 0.2) is 29.2 Å². The molecule has 1 aliphatic carbocycles. The van der Waals surface area contributed by atoms with Gasteiger partial charge in [0.1, 0.15) is 0 Å². The summed E-state index contributed by atoms with van der Waals surface area (Å²) in [6.45, 7) is 9.86. The van der Waals surface area contributed by atoms with Crippen LogP contribution in [0.5, 0.6) is 0 Å². The molecule has 6 nitrogen and oxygen atoms in total. The van der Waals surface area contributed by atoms with Crippen LogP contribution in [-0.2, 0) is 10.0 Å². The minimum absolute atomic E-state index is 0.0243. The molecule has 2 fully saturated rings. The molecule has 0 bridgehead atoms. The van der Waals surface area contributed by atoms with Crippen molar-refractivity contribution in [3.63, 3.8) is 0 Å². The predicted molar refractivity (Wildman–Crippen MR) is 102 cm³/mol. The Bertz CT molecular complexity index is 741. The molecule has 1 aromatic carbocycles. The van der Waals surface area contributed by atoms with Gasteiger partial charge in [-0.1, -0.05) is 0 Å². The number of benzene rings is 1. The number of nitrogens with zero attached hydrogens (tertiary/aromatic N) is 2. The van der Waals surface area contributed by atoms with E-state index in [9.17, 15) is 13.2 Å². The Labute approximate surface area is 156 Å². The highest BCUT2D eigenvalue weighted by atomic mass is 32.2. The maximum absolute atomic E-state index is 12.7. The first kappa shape index (κ1) is 19.3. The van der Waals surface area contributed by atoms with Crippen molar-refractivity contribution in [3.8, 4) is 0 Å². The highest BCUT2D eigenvalue weighted by Crippen LogP contribution is 2.30. The lowest BCUT2D eigenvalue weighted by Crippen LogP contribution is -2.49. The number of carbonyl (C=O) groups excluding carboxylic acids is 1. The molecule has 144 valence electrons. The van der Waals surface area contributed by atoms with E-state index in [2.05, 4.69) is 9.62 Å². The fourth-order valence-electron chi connectivity index (χ4n) is 3.22. The summed E-state index contributed by atoms with van der Waals surface area (Å²) in [5.41, 5.74) is -0.0108. The molecule has 0 unspecified atom stereocenters. The molecule has 7 heteroatoms. The number of hydrogen-bond acceptors (Lipinski definition) is 4. The van der Waals surface area contributed by atoms with Gasteiger partial charge >= 0.3 is 0 Å². The van der Waals surface area contributed by atoms with E-state index in [1.807, 2.05) is 4.90 Å². The minimum atomic E-state index is -3.58. The van der Waals surface area contributed by atoms with Gasteiger partial charge in [0.25, 0.3) is 5.91 Å². The van der Waals surface area contributed by atoms with Crippen LogP contribution >= 0.6 is 0 Å². The lowest BCUT2D eigenvalue weighted by Gasteiger charge is -2.34. The fourth-order valence-corrected chi connectivity index (χ4v) is 4.64. The Balaban J connectivity index is 1.60. The zero-order valence-electron chi connectivity index (χ0n) is 15.9. The van der Waals surface area contributed by atoms with E-state index in [-0.39, 0.29) is 10.8 Å². The summed E-state index contributed by atoms with van der Waals surface area (Å²) >= 11 is 0. The summed E-state index contributed by atoms with van der Waals surface area (Å²) < 4.78 is 27.3. The van der Waals surface area contributed by atoms with Gasteiger partial charge in [0.05, 0.1) is 4.90 Å². The number of amides is 1. The topological polar surface area (TPSA) is 69.7 Å². The Morgan fingerprint density at radius 2 is 1.65 bits per heavy atom. The van der Waals surface area contributed by atoms with Gasteiger partial charge < -0.3 is 4.90 Å². The number of rotatable bonds is 5. The van der Waals surface area contributed by atoms with Crippen molar-refractivity contribution in [3.05, 3.63) is 29.8 Å². The maximum Gasteiger partial charge on any atom is 0.253 e. The zero-order chi connectivity index (χ0) is 18.9. The van der Waals surface area contributed by atoms with E-state index in [0.717, 1.165) is 38.6 Å². The molecule has 1 saturated heterocycles. The Morgan fingerprint density at radius 1 is 1.08 bits per heavy atom. The molecular formula is C19H29N3O3S. The smallest absolute Gasteiger partial charge is 0.253 e. The number of nitrogens with one attached hydrogen (secondary N) is 1. The van der Waals surface area contributed by atoms with Gasteiger partial charge in [-0.15, -0.1) is 0 Å². The van der Waals surface area contributed by atoms with Gasteiger partial charge in [0.2, 0.25) is 10.0 Å². The fraction of sp³-hybridized carbons (Fsp3) is 0.632. The molecule has 1 saturated carbocycles. The first-order valence-corrected chi connectivity index (χ1v) is 10.8. The van der Waals surface area contributed by atoms with E-state index < -0.39 is 15.6 Å². The van der Waals surface area contributed by atoms with Crippen LogP contribution in [0, 0.1) is 5.92 Å². The summed E-state index contributed by atoms with van der Waals surface area (Å²) in [5, 5.41) is 0.